The number of carbonyl (C=O) groups is 4. The summed E-state index contributed by atoms with van der Waals surface area (Å²) in [6.07, 6.45) is 0.758. The van der Waals surface area contributed by atoms with Crippen LogP contribution in [0.1, 0.15) is 61.3 Å². The van der Waals surface area contributed by atoms with Crippen molar-refractivity contribution in [2.24, 2.45) is 11.8 Å². The van der Waals surface area contributed by atoms with Gasteiger partial charge in [0.2, 0.25) is 0 Å². The molecular weight excluding hydrogens is 564 g/mol. The third-order valence-corrected chi connectivity index (χ3v) is 11.8. The van der Waals surface area contributed by atoms with Gasteiger partial charge in [-0.15, -0.1) is 0 Å². The van der Waals surface area contributed by atoms with Crippen molar-refractivity contribution in [3.8, 4) is 0 Å². The van der Waals surface area contributed by atoms with Gasteiger partial charge >= 0.3 is 11.9 Å². The van der Waals surface area contributed by atoms with Gasteiger partial charge in [0.25, 0.3) is 29.6 Å². The van der Waals surface area contributed by atoms with Gasteiger partial charge in [-0.05, 0) is 36.1 Å². The first kappa shape index (κ1) is 32.4. The average molecular weight is 597 g/mol. The van der Waals surface area contributed by atoms with E-state index in [4.69, 9.17) is 0 Å². The Labute approximate surface area is 232 Å². The molecule has 0 aliphatic rings. The van der Waals surface area contributed by atoms with E-state index in [-0.39, 0.29) is 0 Å². The van der Waals surface area contributed by atoms with E-state index in [0.29, 0.717) is 12.8 Å². The van der Waals surface area contributed by atoms with Crippen molar-refractivity contribution >= 4 is 41.5 Å². The van der Waals surface area contributed by atoms with Crippen LogP contribution in [0.5, 0.6) is 0 Å². The van der Waals surface area contributed by atoms with E-state index in [0.717, 1.165) is 24.3 Å². The summed E-state index contributed by atoms with van der Waals surface area (Å²) in [7, 11) is -10.8. The first-order valence-corrected chi connectivity index (χ1v) is 15.8. The summed E-state index contributed by atoms with van der Waals surface area (Å²) in [5, 5.41) is 23.5. The lowest BCUT2D eigenvalue weighted by atomic mass is 9.99. The van der Waals surface area contributed by atoms with Gasteiger partial charge in [0.1, 0.15) is 12.1 Å². The molecule has 0 aromatic heterocycles. The molecule has 0 fully saturated rings. The van der Waals surface area contributed by atoms with E-state index in [1.54, 1.807) is 27.7 Å². The lowest BCUT2D eigenvalue weighted by Crippen LogP contribution is -2.45. The van der Waals surface area contributed by atoms with E-state index >= 15 is 0 Å². The molecule has 0 aliphatic heterocycles. The Morgan fingerprint density at radius 1 is 0.650 bits per heavy atom. The molecule has 12 nitrogen and oxygen atoms in total. The Morgan fingerprint density at radius 2 is 0.950 bits per heavy atom. The molecule has 0 aliphatic carbocycles. The number of benzene rings is 2. The number of aliphatic carboxylic acids is 2. The Morgan fingerprint density at radius 3 is 1.23 bits per heavy atom. The van der Waals surface area contributed by atoms with Crippen LogP contribution in [0.25, 0.3) is 0 Å². The average Bonchev–Trinajstić information content (AvgIpc) is 2.92. The first-order valence-electron chi connectivity index (χ1n) is 12.4. The van der Waals surface area contributed by atoms with Crippen LogP contribution < -0.4 is 10.6 Å². The largest absolute Gasteiger partial charge is 0.480 e. The number of carboxylic acids is 2. The number of hydrogen-bond acceptors (Lipinski definition) is 8. The quantitative estimate of drug-likeness (QED) is 0.249. The molecule has 0 saturated heterocycles. The second-order valence-electron chi connectivity index (χ2n) is 9.25. The van der Waals surface area contributed by atoms with Gasteiger partial charge in [-0.2, -0.15) is 0 Å². The van der Waals surface area contributed by atoms with Crippen molar-refractivity contribution < 1.29 is 46.2 Å². The predicted octanol–water partition coefficient (Wildman–Crippen LogP) is 2.31. The molecule has 4 atom stereocenters. The van der Waals surface area contributed by atoms with Crippen LogP contribution in [0.15, 0.2) is 58.3 Å². The zero-order valence-electron chi connectivity index (χ0n) is 22.3. The van der Waals surface area contributed by atoms with Crippen molar-refractivity contribution in [1.82, 2.24) is 10.6 Å². The second kappa shape index (κ2) is 13.0. The van der Waals surface area contributed by atoms with Crippen LogP contribution in [0.3, 0.4) is 0 Å². The van der Waals surface area contributed by atoms with Crippen LogP contribution in [0.4, 0.5) is 0 Å². The zero-order chi connectivity index (χ0) is 30.4. The van der Waals surface area contributed by atoms with Gasteiger partial charge in [-0.1, -0.05) is 64.8 Å². The molecule has 4 N–H and O–H groups in total. The summed E-state index contributed by atoms with van der Waals surface area (Å²) in [5.74, 6) is -5.99. The fourth-order valence-corrected chi connectivity index (χ4v) is 7.90. The maximum absolute atomic E-state index is 13.5. The summed E-state index contributed by atoms with van der Waals surface area (Å²) in [6.45, 7) is 6.55. The highest BCUT2D eigenvalue weighted by Crippen LogP contribution is 2.30. The smallest absolute Gasteiger partial charge is 0.326 e. The van der Waals surface area contributed by atoms with E-state index in [9.17, 15) is 46.2 Å². The van der Waals surface area contributed by atoms with Crippen LogP contribution in [-0.2, 0) is 27.3 Å². The summed E-state index contributed by atoms with van der Waals surface area (Å²) >= 11 is 0. The predicted molar refractivity (Wildman–Crippen MR) is 144 cm³/mol. The number of hydrogen-bond donors (Lipinski definition) is 4. The number of carbonyl (C=O) groups excluding carboxylic acids is 2. The van der Waals surface area contributed by atoms with Crippen molar-refractivity contribution in [2.75, 3.05) is 0 Å². The van der Waals surface area contributed by atoms with Crippen LogP contribution in [0.2, 0.25) is 0 Å². The number of carboxylic acid groups (broad SMARTS) is 2. The lowest BCUT2D eigenvalue weighted by molar-refractivity contribution is -0.141. The fraction of sp³-hybridized carbons (Fsp3) is 0.385. The zero-order valence-corrected chi connectivity index (χ0v) is 24.0. The van der Waals surface area contributed by atoms with Crippen LogP contribution in [0, 0.1) is 11.8 Å². The van der Waals surface area contributed by atoms with E-state index < -0.39 is 86.3 Å². The monoisotopic (exact) mass is 596 g/mol. The topological polar surface area (TPSA) is 201 Å². The second-order valence-corrected chi connectivity index (χ2v) is 14.6. The molecule has 0 bridgehead atoms. The van der Waals surface area contributed by atoms with Gasteiger partial charge in [0.05, 0.1) is 20.9 Å². The summed E-state index contributed by atoms with van der Waals surface area (Å²) in [6, 6.07) is 6.02. The normalized spacial score (nSPS) is 14.8. The van der Waals surface area contributed by atoms with E-state index in [2.05, 4.69) is 10.6 Å². The minimum absolute atomic E-state index is 0.379. The Balaban J connectivity index is 2.60. The molecule has 218 valence electrons. The maximum Gasteiger partial charge on any atom is 0.326 e. The molecule has 14 heteroatoms. The molecule has 2 rings (SSSR count). The van der Waals surface area contributed by atoms with E-state index in [1.807, 2.05) is 0 Å². The van der Waals surface area contributed by atoms with Crippen LogP contribution in [-0.4, -0.2) is 62.9 Å². The molecule has 40 heavy (non-hydrogen) atoms. The maximum atomic E-state index is 13.5. The van der Waals surface area contributed by atoms with Gasteiger partial charge in [-0.3, -0.25) is 9.59 Å². The molecule has 0 saturated carbocycles. The third kappa shape index (κ3) is 6.67. The molecule has 0 heterocycles. The van der Waals surface area contributed by atoms with Crippen molar-refractivity contribution in [2.45, 2.75) is 62.4 Å². The summed E-state index contributed by atoms with van der Waals surface area (Å²) < 4.78 is 54.2. The van der Waals surface area contributed by atoms with E-state index in [1.165, 1.54) is 24.3 Å². The molecule has 0 radical (unpaired) electrons. The van der Waals surface area contributed by atoms with Crippen molar-refractivity contribution in [3.05, 3.63) is 59.7 Å². The SMILES string of the molecule is CCC(C)[C@H](NC(=O)c1ccccc1S(=O)(=O)S(=O)(=O)c1ccccc1C(=O)N[C@H](C(=O)O)C(C)CC)C(=O)O. The minimum Gasteiger partial charge on any atom is -0.480 e. The fourth-order valence-electron chi connectivity index (χ4n) is 3.79. The number of rotatable bonds is 13. The third-order valence-electron chi connectivity index (χ3n) is 6.62. The molecular formula is C26H32N2O10S2. The Hall–Kier alpha value is -3.78. The molecule has 2 aromatic carbocycles. The molecule has 0 spiro atoms. The molecule has 2 amide bonds. The molecule has 2 aromatic rings. The minimum atomic E-state index is -5.40. The van der Waals surface area contributed by atoms with Crippen LogP contribution >= 0.6 is 0 Å². The highest BCUT2D eigenvalue weighted by molar-refractivity contribution is 8.67. The summed E-state index contributed by atoms with van der Waals surface area (Å²) in [5.41, 5.74) is -1.21. The van der Waals surface area contributed by atoms with Crippen molar-refractivity contribution in [1.29, 1.82) is 0 Å². The number of nitrogens with one attached hydrogen (secondary N) is 2. The number of amides is 2. The van der Waals surface area contributed by atoms with Crippen molar-refractivity contribution in [3.63, 3.8) is 0 Å². The van der Waals surface area contributed by atoms with Gasteiger partial charge < -0.3 is 20.8 Å². The summed E-state index contributed by atoms with van der Waals surface area (Å²) in [4.78, 5) is 47.5. The molecule has 2 unspecified atom stereocenters. The Bertz CT molecular complexity index is 1390. The van der Waals surface area contributed by atoms with Gasteiger partial charge in [0, 0.05) is 0 Å². The Kier molecular flexibility index (Phi) is 10.6. The van der Waals surface area contributed by atoms with Gasteiger partial charge in [0.15, 0.2) is 0 Å². The standard InChI is InChI=1S/C26H32N2O10S2/c1-5-15(3)21(25(31)32)27-23(29)17-11-7-9-13-19(17)39(35,36)40(37,38)20-14-10-8-12-18(20)24(30)28-22(26(33)34)16(4)6-2/h7-16,21-22H,5-6H2,1-4H3,(H,27,29)(H,28,30)(H,31,32)(H,33,34)/t15?,16?,21-,22-/m0/s1. The highest BCUT2D eigenvalue weighted by atomic mass is 33.2. The highest BCUT2D eigenvalue weighted by Gasteiger charge is 2.40. The van der Waals surface area contributed by atoms with Gasteiger partial charge in [-0.25, -0.2) is 26.4 Å². The lowest BCUT2D eigenvalue weighted by Gasteiger charge is -2.21. The first-order chi connectivity index (χ1) is 18.6.